The Morgan fingerprint density at radius 1 is 1.24 bits per heavy atom. The first-order valence-electron chi connectivity index (χ1n) is 4.98. The number of nitrogens with zero attached hydrogens (tertiary/aromatic N) is 3. The van der Waals surface area contributed by atoms with Crippen LogP contribution in [-0.4, -0.2) is 30.9 Å². The summed E-state index contributed by atoms with van der Waals surface area (Å²) in [6.45, 7) is 0. The number of rotatable bonds is 2. The summed E-state index contributed by atoms with van der Waals surface area (Å²) in [6, 6.07) is 10.9. The van der Waals surface area contributed by atoms with Crippen LogP contribution < -0.4 is 0 Å². The fourth-order valence-electron chi connectivity index (χ4n) is 1.67. The fraction of sp³-hybridized carbons (Fsp3) is 0. The minimum atomic E-state index is -1.02. The summed E-state index contributed by atoms with van der Waals surface area (Å²) in [4.78, 5) is 10.8. The smallest absolute Gasteiger partial charge is 0.353 e. The van der Waals surface area contributed by atoms with Gasteiger partial charge >= 0.3 is 5.97 Å². The molecule has 6 heteroatoms. The Labute approximate surface area is 95.5 Å². The lowest BCUT2D eigenvalue weighted by atomic mass is 10.2. The quantitative estimate of drug-likeness (QED) is 0.694. The van der Waals surface area contributed by atoms with Crippen molar-refractivity contribution < 1.29 is 9.90 Å². The van der Waals surface area contributed by atoms with Gasteiger partial charge in [0.25, 0.3) is 0 Å². The summed E-state index contributed by atoms with van der Waals surface area (Å²) >= 11 is 0. The van der Waals surface area contributed by atoms with Crippen LogP contribution >= 0.6 is 0 Å². The number of hydrogen-bond donors (Lipinski definition) is 2. The number of carboxylic acids is 1. The fourth-order valence-corrected chi connectivity index (χ4v) is 1.67. The van der Waals surface area contributed by atoms with Crippen LogP contribution in [0.15, 0.2) is 36.4 Å². The van der Waals surface area contributed by atoms with E-state index in [4.69, 9.17) is 5.11 Å². The first kappa shape index (κ1) is 9.59. The molecule has 0 amide bonds. The van der Waals surface area contributed by atoms with Gasteiger partial charge in [-0.05, 0) is 0 Å². The van der Waals surface area contributed by atoms with Crippen LogP contribution in [0, 0.1) is 0 Å². The van der Waals surface area contributed by atoms with Crippen molar-refractivity contribution in [3.63, 3.8) is 0 Å². The highest BCUT2D eigenvalue weighted by Gasteiger charge is 2.13. The maximum absolute atomic E-state index is 10.8. The molecule has 0 fully saturated rings. The minimum absolute atomic E-state index is 0.0899. The summed E-state index contributed by atoms with van der Waals surface area (Å²) in [6.07, 6.45) is 0. The summed E-state index contributed by atoms with van der Waals surface area (Å²) < 4.78 is 1.55. The Bertz CT molecular complexity index is 684. The van der Waals surface area contributed by atoms with Crippen LogP contribution in [0.3, 0.4) is 0 Å². The van der Waals surface area contributed by atoms with Crippen molar-refractivity contribution in [3.05, 3.63) is 42.1 Å². The molecular formula is C11H8N4O2. The highest BCUT2D eigenvalue weighted by Crippen LogP contribution is 2.17. The van der Waals surface area contributed by atoms with Crippen molar-refractivity contribution >= 4 is 11.6 Å². The summed E-state index contributed by atoms with van der Waals surface area (Å²) in [7, 11) is 0. The summed E-state index contributed by atoms with van der Waals surface area (Å²) in [5.74, 6) is -0.428. The van der Waals surface area contributed by atoms with Crippen LogP contribution in [0.2, 0.25) is 0 Å². The topological polar surface area (TPSA) is 83.3 Å². The van der Waals surface area contributed by atoms with Gasteiger partial charge in [0.05, 0.1) is 0 Å². The highest BCUT2D eigenvalue weighted by atomic mass is 16.4. The standard InChI is InChI=1S/C11H8N4O2/c16-11(17)8-6-9-12-13-10(15(9)14-8)7-4-2-1-3-5-7/h1-6,14H,(H,16,17). The third kappa shape index (κ3) is 1.46. The lowest BCUT2D eigenvalue weighted by Gasteiger charge is -1.96. The molecule has 0 saturated heterocycles. The normalized spacial score (nSPS) is 10.8. The third-order valence-corrected chi connectivity index (χ3v) is 2.46. The number of aromatic amines is 1. The Balaban J connectivity index is 2.21. The number of H-pyrrole nitrogens is 1. The molecule has 2 heterocycles. The van der Waals surface area contributed by atoms with E-state index in [0.29, 0.717) is 11.5 Å². The average molecular weight is 228 g/mol. The molecule has 84 valence electrons. The zero-order valence-electron chi connectivity index (χ0n) is 8.66. The molecule has 0 radical (unpaired) electrons. The van der Waals surface area contributed by atoms with Crippen molar-refractivity contribution in [3.8, 4) is 11.4 Å². The molecule has 0 bridgehead atoms. The van der Waals surface area contributed by atoms with E-state index >= 15 is 0 Å². The van der Waals surface area contributed by atoms with Crippen LogP contribution in [0.1, 0.15) is 10.5 Å². The molecule has 17 heavy (non-hydrogen) atoms. The molecule has 1 aromatic carbocycles. The average Bonchev–Trinajstić information content (AvgIpc) is 2.89. The van der Waals surface area contributed by atoms with Crippen LogP contribution in [0.4, 0.5) is 0 Å². The summed E-state index contributed by atoms with van der Waals surface area (Å²) in [5, 5.41) is 19.5. The molecule has 3 rings (SSSR count). The number of benzene rings is 1. The van der Waals surface area contributed by atoms with Gasteiger partial charge in [0.2, 0.25) is 0 Å². The van der Waals surface area contributed by atoms with Crippen molar-refractivity contribution in [2.24, 2.45) is 0 Å². The van der Waals surface area contributed by atoms with Gasteiger partial charge in [0.15, 0.2) is 11.5 Å². The van der Waals surface area contributed by atoms with E-state index in [0.717, 1.165) is 5.56 Å². The van der Waals surface area contributed by atoms with Gasteiger partial charge < -0.3 is 5.11 Å². The second kappa shape index (κ2) is 3.44. The molecule has 0 spiro atoms. The number of aromatic nitrogens is 4. The van der Waals surface area contributed by atoms with Crippen LogP contribution in [0.5, 0.6) is 0 Å². The molecule has 0 aliphatic rings. The third-order valence-electron chi connectivity index (χ3n) is 2.46. The molecule has 0 unspecified atom stereocenters. The van der Waals surface area contributed by atoms with E-state index in [-0.39, 0.29) is 5.69 Å². The molecule has 0 aliphatic heterocycles. The molecule has 0 aliphatic carbocycles. The van der Waals surface area contributed by atoms with Gasteiger partial charge in [0.1, 0.15) is 5.69 Å². The second-order valence-corrected chi connectivity index (χ2v) is 3.56. The van der Waals surface area contributed by atoms with E-state index in [1.807, 2.05) is 30.3 Å². The maximum Gasteiger partial charge on any atom is 0.353 e. The van der Waals surface area contributed by atoms with Gasteiger partial charge in [-0.1, -0.05) is 30.3 Å². The van der Waals surface area contributed by atoms with E-state index in [2.05, 4.69) is 15.3 Å². The SMILES string of the molecule is O=C(O)c1cc2nnc(-c3ccccc3)n2[nH]1. The van der Waals surface area contributed by atoms with Crippen LogP contribution in [-0.2, 0) is 0 Å². The number of aromatic carboxylic acids is 1. The molecule has 2 N–H and O–H groups in total. The molecular weight excluding hydrogens is 220 g/mol. The maximum atomic E-state index is 10.8. The van der Waals surface area contributed by atoms with E-state index in [1.165, 1.54) is 6.07 Å². The minimum Gasteiger partial charge on any atom is -0.477 e. The lowest BCUT2D eigenvalue weighted by molar-refractivity contribution is 0.0690. The number of fused-ring (bicyclic) bond motifs is 1. The number of carboxylic acid groups (broad SMARTS) is 1. The lowest BCUT2D eigenvalue weighted by Crippen LogP contribution is -1.98. The van der Waals surface area contributed by atoms with Gasteiger partial charge in [-0.15, -0.1) is 10.2 Å². The largest absolute Gasteiger partial charge is 0.477 e. The van der Waals surface area contributed by atoms with E-state index in [1.54, 1.807) is 4.52 Å². The van der Waals surface area contributed by atoms with E-state index < -0.39 is 5.97 Å². The zero-order valence-corrected chi connectivity index (χ0v) is 8.66. The first-order chi connectivity index (χ1) is 8.25. The Morgan fingerprint density at radius 2 is 2.00 bits per heavy atom. The monoisotopic (exact) mass is 228 g/mol. The summed E-state index contributed by atoms with van der Waals surface area (Å²) in [5.41, 5.74) is 1.45. The van der Waals surface area contributed by atoms with E-state index in [9.17, 15) is 4.79 Å². The van der Waals surface area contributed by atoms with Gasteiger partial charge in [0, 0.05) is 11.6 Å². The number of nitrogens with one attached hydrogen (secondary N) is 1. The van der Waals surface area contributed by atoms with Gasteiger partial charge in [-0.25, -0.2) is 9.31 Å². The Morgan fingerprint density at radius 3 is 2.71 bits per heavy atom. The highest BCUT2D eigenvalue weighted by molar-refractivity contribution is 5.86. The van der Waals surface area contributed by atoms with Crippen molar-refractivity contribution in [1.29, 1.82) is 0 Å². The molecule has 0 atom stereocenters. The first-order valence-corrected chi connectivity index (χ1v) is 4.98. The van der Waals surface area contributed by atoms with Crippen molar-refractivity contribution in [2.45, 2.75) is 0 Å². The number of hydrogen-bond acceptors (Lipinski definition) is 3. The Kier molecular flexibility index (Phi) is 1.94. The molecule has 3 aromatic rings. The molecule has 0 saturated carbocycles. The zero-order chi connectivity index (χ0) is 11.8. The van der Waals surface area contributed by atoms with Gasteiger partial charge in [-0.3, -0.25) is 5.10 Å². The molecule has 2 aromatic heterocycles. The molecule has 6 nitrogen and oxygen atoms in total. The van der Waals surface area contributed by atoms with Crippen molar-refractivity contribution in [1.82, 2.24) is 19.8 Å². The second-order valence-electron chi connectivity index (χ2n) is 3.56. The van der Waals surface area contributed by atoms with Crippen molar-refractivity contribution in [2.75, 3.05) is 0 Å². The Hall–Kier alpha value is -2.63. The predicted octanol–water partition coefficient (Wildman–Crippen LogP) is 1.42. The van der Waals surface area contributed by atoms with Gasteiger partial charge in [-0.2, -0.15) is 0 Å². The van der Waals surface area contributed by atoms with Crippen LogP contribution in [0.25, 0.3) is 17.0 Å². The number of carbonyl (C=O) groups is 1. The predicted molar refractivity (Wildman–Crippen MR) is 59.7 cm³/mol.